The molecule has 4 atom stereocenters. The minimum Gasteiger partial charge on any atom is -0.350 e. The lowest BCUT2D eigenvalue weighted by molar-refractivity contribution is -0.125. The highest BCUT2D eigenvalue weighted by Crippen LogP contribution is 2.38. The Kier molecular flexibility index (Phi) is 3.03. The molecule has 19 heavy (non-hydrogen) atoms. The highest BCUT2D eigenvalue weighted by Gasteiger charge is 2.44. The molecule has 0 aromatic rings. The summed E-state index contributed by atoms with van der Waals surface area (Å²) < 4.78 is 0. The fraction of sp³-hybridized carbons (Fsp3) is 0.933. The zero-order valence-corrected chi connectivity index (χ0v) is 11.6. The fourth-order valence-corrected chi connectivity index (χ4v) is 4.88. The van der Waals surface area contributed by atoms with E-state index in [0.29, 0.717) is 12.0 Å². The maximum atomic E-state index is 12.5. The Balaban J connectivity index is 1.39. The Labute approximate surface area is 115 Å². The van der Waals surface area contributed by atoms with Gasteiger partial charge in [-0.2, -0.15) is 0 Å². The van der Waals surface area contributed by atoms with Crippen LogP contribution in [0.1, 0.15) is 32.1 Å². The third kappa shape index (κ3) is 2.09. The number of nitrogens with zero attached hydrogens (tertiary/aromatic N) is 1. The van der Waals surface area contributed by atoms with E-state index in [9.17, 15) is 4.79 Å². The number of amides is 1. The maximum absolute atomic E-state index is 12.5. The first kappa shape index (κ1) is 12.2. The van der Waals surface area contributed by atoms with Crippen LogP contribution in [0.25, 0.3) is 0 Å². The molecule has 4 nitrogen and oxygen atoms in total. The molecule has 4 aliphatic heterocycles. The van der Waals surface area contributed by atoms with Gasteiger partial charge in [0.25, 0.3) is 0 Å². The molecule has 0 radical (unpaired) electrons. The first-order valence-electron chi connectivity index (χ1n) is 8.07. The van der Waals surface area contributed by atoms with E-state index in [4.69, 9.17) is 0 Å². The van der Waals surface area contributed by atoms with Gasteiger partial charge in [0.15, 0.2) is 0 Å². The van der Waals surface area contributed by atoms with Crippen LogP contribution in [-0.4, -0.2) is 49.1 Å². The summed E-state index contributed by atoms with van der Waals surface area (Å²) in [5, 5.41) is 6.83. The number of rotatable bonds is 2. The zero-order chi connectivity index (χ0) is 12.8. The van der Waals surface area contributed by atoms with Gasteiger partial charge in [0.2, 0.25) is 5.91 Å². The standard InChI is InChI=1S/C15H25N3O/c19-15(14-12-3-1-2-11(12)8-16-14)17-13-9-18-6-4-10(13)5-7-18/h10-14,16H,1-9H2,(H,17,19). The molecule has 1 saturated carbocycles. The molecule has 4 unspecified atom stereocenters. The van der Waals surface area contributed by atoms with E-state index in [1.54, 1.807) is 0 Å². The summed E-state index contributed by atoms with van der Waals surface area (Å²) in [5.41, 5.74) is 0. The second-order valence-corrected chi connectivity index (χ2v) is 6.99. The summed E-state index contributed by atoms with van der Waals surface area (Å²) >= 11 is 0. The van der Waals surface area contributed by atoms with Crippen LogP contribution in [0.4, 0.5) is 0 Å². The molecule has 4 saturated heterocycles. The molecule has 1 aliphatic carbocycles. The van der Waals surface area contributed by atoms with Crippen LogP contribution in [0, 0.1) is 17.8 Å². The van der Waals surface area contributed by atoms with Crippen molar-refractivity contribution in [3.63, 3.8) is 0 Å². The van der Waals surface area contributed by atoms with Crippen molar-refractivity contribution >= 4 is 5.91 Å². The second-order valence-electron chi connectivity index (χ2n) is 6.99. The van der Waals surface area contributed by atoms with Gasteiger partial charge in [-0.1, -0.05) is 6.42 Å². The molecule has 0 spiro atoms. The SMILES string of the molecule is O=C(NC1CN2CCC1CC2)C1NCC2CCCC21. The lowest BCUT2D eigenvalue weighted by Crippen LogP contribution is -2.59. The summed E-state index contributed by atoms with van der Waals surface area (Å²) in [4.78, 5) is 15.0. The van der Waals surface area contributed by atoms with Crippen LogP contribution in [-0.2, 0) is 4.79 Å². The summed E-state index contributed by atoms with van der Waals surface area (Å²) in [5.74, 6) is 2.39. The van der Waals surface area contributed by atoms with E-state index in [1.165, 1.54) is 45.2 Å². The van der Waals surface area contributed by atoms with Gasteiger partial charge in [-0.05, 0) is 63.1 Å². The van der Waals surface area contributed by atoms with Gasteiger partial charge >= 0.3 is 0 Å². The van der Waals surface area contributed by atoms with E-state index >= 15 is 0 Å². The Bertz CT molecular complexity index is 364. The molecule has 0 aromatic carbocycles. The molecule has 2 N–H and O–H groups in total. The fourth-order valence-electron chi connectivity index (χ4n) is 4.88. The topological polar surface area (TPSA) is 44.4 Å². The predicted octanol–water partition coefficient (Wildman–Crippen LogP) is 0.585. The molecule has 5 aliphatic rings. The van der Waals surface area contributed by atoms with E-state index in [-0.39, 0.29) is 11.9 Å². The highest BCUT2D eigenvalue weighted by atomic mass is 16.2. The van der Waals surface area contributed by atoms with Crippen LogP contribution in [0.2, 0.25) is 0 Å². The lowest BCUT2D eigenvalue weighted by atomic mass is 9.83. The molecule has 5 rings (SSSR count). The second kappa shape index (κ2) is 4.74. The summed E-state index contributed by atoms with van der Waals surface area (Å²) in [6.45, 7) is 4.62. The van der Waals surface area contributed by atoms with E-state index in [2.05, 4.69) is 15.5 Å². The molecule has 4 heterocycles. The van der Waals surface area contributed by atoms with Crippen molar-refractivity contribution in [3.05, 3.63) is 0 Å². The number of nitrogens with one attached hydrogen (secondary N) is 2. The van der Waals surface area contributed by atoms with Crippen molar-refractivity contribution in [1.29, 1.82) is 0 Å². The minimum atomic E-state index is 0.1000. The summed E-state index contributed by atoms with van der Waals surface area (Å²) in [6, 6.07) is 0.514. The van der Waals surface area contributed by atoms with Gasteiger partial charge in [-0.15, -0.1) is 0 Å². The first-order valence-corrected chi connectivity index (χ1v) is 8.07. The van der Waals surface area contributed by atoms with Crippen molar-refractivity contribution in [2.45, 2.75) is 44.2 Å². The molecule has 1 amide bonds. The average Bonchev–Trinajstić information content (AvgIpc) is 3.02. The monoisotopic (exact) mass is 263 g/mol. The lowest BCUT2D eigenvalue weighted by Gasteiger charge is -2.45. The smallest absolute Gasteiger partial charge is 0.237 e. The van der Waals surface area contributed by atoms with Crippen LogP contribution in [0.15, 0.2) is 0 Å². The van der Waals surface area contributed by atoms with Gasteiger partial charge in [0.05, 0.1) is 6.04 Å². The predicted molar refractivity (Wildman–Crippen MR) is 73.7 cm³/mol. The average molecular weight is 263 g/mol. The van der Waals surface area contributed by atoms with Gasteiger partial charge in [0, 0.05) is 12.6 Å². The van der Waals surface area contributed by atoms with E-state index in [1.807, 2.05) is 0 Å². The molecular weight excluding hydrogens is 238 g/mol. The number of fused-ring (bicyclic) bond motifs is 4. The molecule has 0 aromatic heterocycles. The molecule has 106 valence electrons. The third-order valence-corrected chi connectivity index (χ3v) is 6.01. The van der Waals surface area contributed by atoms with Gasteiger partial charge in [0.1, 0.15) is 0 Å². The minimum absolute atomic E-state index is 0.1000. The highest BCUT2D eigenvalue weighted by molar-refractivity contribution is 5.83. The van der Waals surface area contributed by atoms with Crippen molar-refractivity contribution < 1.29 is 4.79 Å². The van der Waals surface area contributed by atoms with Crippen molar-refractivity contribution in [2.75, 3.05) is 26.2 Å². The van der Waals surface area contributed by atoms with E-state index < -0.39 is 0 Å². The molecule has 5 fully saturated rings. The summed E-state index contributed by atoms with van der Waals surface area (Å²) in [6.07, 6.45) is 6.43. The maximum Gasteiger partial charge on any atom is 0.237 e. The van der Waals surface area contributed by atoms with E-state index in [0.717, 1.165) is 24.9 Å². The number of hydrogen-bond acceptors (Lipinski definition) is 3. The van der Waals surface area contributed by atoms with Crippen LogP contribution in [0.3, 0.4) is 0 Å². The van der Waals surface area contributed by atoms with Crippen molar-refractivity contribution in [3.8, 4) is 0 Å². The van der Waals surface area contributed by atoms with Crippen LogP contribution < -0.4 is 10.6 Å². The molecule has 2 bridgehead atoms. The largest absolute Gasteiger partial charge is 0.350 e. The van der Waals surface area contributed by atoms with Gasteiger partial charge < -0.3 is 15.5 Å². The quantitative estimate of drug-likeness (QED) is 0.766. The van der Waals surface area contributed by atoms with Crippen molar-refractivity contribution in [2.24, 2.45) is 17.8 Å². The van der Waals surface area contributed by atoms with Gasteiger partial charge in [-0.3, -0.25) is 4.79 Å². The number of piperidine rings is 3. The molecule has 4 heteroatoms. The number of carbonyl (C=O) groups is 1. The Morgan fingerprint density at radius 2 is 1.95 bits per heavy atom. The Hall–Kier alpha value is -0.610. The molecular formula is C15H25N3O. The van der Waals surface area contributed by atoms with Crippen molar-refractivity contribution in [1.82, 2.24) is 15.5 Å². The van der Waals surface area contributed by atoms with Gasteiger partial charge in [-0.25, -0.2) is 0 Å². The first-order chi connectivity index (χ1) is 9.31. The summed E-state index contributed by atoms with van der Waals surface area (Å²) in [7, 11) is 0. The zero-order valence-electron chi connectivity index (χ0n) is 11.6. The van der Waals surface area contributed by atoms with Crippen LogP contribution in [0.5, 0.6) is 0 Å². The Morgan fingerprint density at radius 3 is 2.68 bits per heavy atom. The van der Waals surface area contributed by atoms with Crippen LogP contribution >= 0.6 is 0 Å². The third-order valence-electron chi connectivity index (χ3n) is 6.01. The normalized spacial score (nSPS) is 48.2. The number of carbonyl (C=O) groups excluding carboxylic acids is 1. The number of hydrogen-bond donors (Lipinski definition) is 2. The Morgan fingerprint density at radius 1 is 1.11 bits per heavy atom.